The van der Waals surface area contributed by atoms with E-state index in [0.29, 0.717) is 5.56 Å². The molecule has 0 N–H and O–H groups in total. The number of aliphatic imine (C=N–C) groups is 1. The number of cyclic esters (lactones) is 1. The number of esters is 2. The van der Waals surface area contributed by atoms with Crippen LogP contribution in [0.1, 0.15) is 18.1 Å². The largest absolute Gasteiger partial charge is 0.493 e. The molecule has 7 nitrogen and oxygen atoms in total. The number of methoxy groups -OCH3 is 2. The molecule has 2 aromatic carbocycles. The minimum Gasteiger partial charge on any atom is -0.493 e. The van der Waals surface area contributed by atoms with Crippen LogP contribution in [0.2, 0.25) is 0 Å². The number of hydrogen-bond donors (Lipinski definition) is 0. The lowest BCUT2D eigenvalue weighted by Crippen LogP contribution is -2.07. The second-order valence-corrected chi connectivity index (χ2v) is 5.66. The molecular formula is C20H16FNO6. The fourth-order valence-corrected chi connectivity index (χ4v) is 2.54. The van der Waals surface area contributed by atoms with E-state index in [1.54, 1.807) is 6.07 Å². The Balaban J connectivity index is 2.02. The molecule has 0 saturated heterocycles. The number of rotatable bonds is 5. The highest BCUT2D eigenvalue weighted by molar-refractivity contribution is 6.13. The van der Waals surface area contributed by atoms with Crippen molar-refractivity contribution in [1.29, 1.82) is 0 Å². The average molecular weight is 385 g/mol. The molecule has 1 aliphatic rings. The minimum absolute atomic E-state index is 0.0254. The SMILES string of the molecule is COc1cc(C=C2N=C(c3ccccc3F)OC2=O)cc(OC)c1OC(C)=O. The van der Waals surface area contributed by atoms with Crippen LogP contribution in [0.4, 0.5) is 4.39 Å². The van der Waals surface area contributed by atoms with Gasteiger partial charge in [-0.15, -0.1) is 0 Å². The van der Waals surface area contributed by atoms with Crippen LogP contribution in [0.15, 0.2) is 47.1 Å². The van der Waals surface area contributed by atoms with Gasteiger partial charge in [-0.2, -0.15) is 0 Å². The fraction of sp³-hybridized carbons (Fsp3) is 0.150. The molecule has 2 aromatic rings. The first-order valence-electron chi connectivity index (χ1n) is 8.15. The third kappa shape index (κ3) is 3.85. The van der Waals surface area contributed by atoms with Crippen LogP contribution in [0.5, 0.6) is 17.2 Å². The lowest BCUT2D eigenvalue weighted by Gasteiger charge is -2.13. The number of ether oxygens (including phenoxy) is 4. The number of halogens is 1. The summed E-state index contributed by atoms with van der Waals surface area (Å²) in [5, 5.41) is 0. The van der Waals surface area contributed by atoms with Crippen molar-refractivity contribution >= 4 is 23.9 Å². The standard InChI is InChI=1S/C20H16FNO6/c1-11(23)27-18-16(25-2)9-12(10-17(18)26-3)8-15-20(24)28-19(22-15)13-6-4-5-7-14(13)21/h4-10H,1-3H3. The molecule has 0 saturated carbocycles. The van der Waals surface area contributed by atoms with Crippen molar-refractivity contribution in [2.75, 3.05) is 14.2 Å². The second kappa shape index (κ2) is 7.91. The van der Waals surface area contributed by atoms with Gasteiger partial charge in [-0.3, -0.25) is 4.79 Å². The van der Waals surface area contributed by atoms with Gasteiger partial charge in [0.2, 0.25) is 11.6 Å². The second-order valence-electron chi connectivity index (χ2n) is 5.66. The van der Waals surface area contributed by atoms with E-state index in [2.05, 4.69) is 4.99 Å². The van der Waals surface area contributed by atoms with E-state index in [1.165, 1.54) is 57.6 Å². The van der Waals surface area contributed by atoms with Gasteiger partial charge in [0, 0.05) is 6.92 Å². The van der Waals surface area contributed by atoms with Gasteiger partial charge in [-0.05, 0) is 35.9 Å². The predicted molar refractivity (Wildman–Crippen MR) is 97.9 cm³/mol. The fourth-order valence-electron chi connectivity index (χ4n) is 2.54. The smallest absolute Gasteiger partial charge is 0.363 e. The van der Waals surface area contributed by atoms with E-state index >= 15 is 0 Å². The van der Waals surface area contributed by atoms with Crippen molar-refractivity contribution < 1.29 is 32.9 Å². The van der Waals surface area contributed by atoms with E-state index < -0.39 is 17.8 Å². The normalized spacial score (nSPS) is 14.5. The number of hydrogen-bond acceptors (Lipinski definition) is 7. The molecule has 3 rings (SSSR count). The van der Waals surface area contributed by atoms with Gasteiger partial charge in [0.15, 0.2) is 17.2 Å². The summed E-state index contributed by atoms with van der Waals surface area (Å²) < 4.78 is 34.6. The van der Waals surface area contributed by atoms with E-state index in [-0.39, 0.29) is 34.4 Å². The van der Waals surface area contributed by atoms with E-state index in [9.17, 15) is 14.0 Å². The lowest BCUT2D eigenvalue weighted by atomic mass is 10.1. The Morgan fingerprint density at radius 2 is 1.79 bits per heavy atom. The van der Waals surface area contributed by atoms with Gasteiger partial charge in [-0.1, -0.05) is 12.1 Å². The summed E-state index contributed by atoms with van der Waals surface area (Å²) in [4.78, 5) is 27.5. The van der Waals surface area contributed by atoms with Gasteiger partial charge in [0.1, 0.15) is 5.82 Å². The maximum absolute atomic E-state index is 13.9. The molecule has 0 aromatic heterocycles. The summed E-state index contributed by atoms with van der Waals surface area (Å²) in [6.07, 6.45) is 1.43. The van der Waals surface area contributed by atoms with Crippen LogP contribution in [-0.2, 0) is 14.3 Å². The van der Waals surface area contributed by atoms with E-state index in [4.69, 9.17) is 18.9 Å². The molecule has 144 valence electrons. The molecule has 0 spiro atoms. The highest BCUT2D eigenvalue weighted by atomic mass is 19.1. The van der Waals surface area contributed by atoms with Gasteiger partial charge in [0.25, 0.3) is 0 Å². The molecule has 28 heavy (non-hydrogen) atoms. The summed E-state index contributed by atoms with van der Waals surface area (Å²) in [7, 11) is 2.80. The minimum atomic E-state index is -0.722. The summed E-state index contributed by atoms with van der Waals surface area (Å²) in [6.45, 7) is 1.25. The van der Waals surface area contributed by atoms with Crippen molar-refractivity contribution in [3.8, 4) is 17.2 Å². The number of benzene rings is 2. The number of carbonyl (C=O) groups is 2. The van der Waals surface area contributed by atoms with Crippen LogP contribution in [0, 0.1) is 5.82 Å². The molecule has 0 fully saturated rings. The van der Waals surface area contributed by atoms with Crippen LogP contribution in [-0.4, -0.2) is 32.1 Å². The monoisotopic (exact) mass is 385 g/mol. The first-order chi connectivity index (χ1) is 13.4. The van der Waals surface area contributed by atoms with Gasteiger partial charge in [-0.25, -0.2) is 14.2 Å². The summed E-state index contributed by atoms with van der Waals surface area (Å²) in [5.74, 6) is -1.36. The first-order valence-corrected chi connectivity index (χ1v) is 8.15. The van der Waals surface area contributed by atoms with Crippen LogP contribution < -0.4 is 14.2 Å². The molecule has 0 unspecified atom stereocenters. The molecular weight excluding hydrogens is 369 g/mol. The highest BCUT2D eigenvalue weighted by Crippen LogP contribution is 2.39. The zero-order chi connectivity index (χ0) is 20.3. The Kier molecular flexibility index (Phi) is 5.39. The Morgan fingerprint density at radius 1 is 1.14 bits per heavy atom. The van der Waals surface area contributed by atoms with Crippen molar-refractivity contribution in [1.82, 2.24) is 0 Å². The number of carbonyl (C=O) groups excluding carboxylic acids is 2. The van der Waals surface area contributed by atoms with Gasteiger partial charge in [0.05, 0.1) is 19.8 Å². The van der Waals surface area contributed by atoms with Gasteiger partial charge < -0.3 is 18.9 Å². The molecule has 0 amide bonds. The quantitative estimate of drug-likeness (QED) is 0.447. The Hall–Kier alpha value is -3.68. The van der Waals surface area contributed by atoms with E-state index in [0.717, 1.165) is 0 Å². The van der Waals surface area contributed by atoms with Crippen LogP contribution in [0.25, 0.3) is 6.08 Å². The molecule has 0 radical (unpaired) electrons. The molecule has 1 aliphatic heterocycles. The summed E-state index contributed by atoms with van der Waals surface area (Å²) in [5.41, 5.74) is 0.539. The maximum Gasteiger partial charge on any atom is 0.363 e. The van der Waals surface area contributed by atoms with Crippen molar-refractivity contribution in [2.24, 2.45) is 4.99 Å². The molecule has 1 heterocycles. The van der Waals surface area contributed by atoms with Crippen molar-refractivity contribution in [3.63, 3.8) is 0 Å². The Bertz CT molecular complexity index is 987. The Labute approximate surface area is 160 Å². The topological polar surface area (TPSA) is 83.4 Å². The molecule has 0 atom stereocenters. The Morgan fingerprint density at radius 3 is 2.36 bits per heavy atom. The van der Waals surface area contributed by atoms with Crippen molar-refractivity contribution in [3.05, 3.63) is 59.0 Å². The summed E-state index contributed by atoms with van der Waals surface area (Å²) >= 11 is 0. The molecule has 8 heteroatoms. The zero-order valence-electron chi connectivity index (χ0n) is 15.3. The third-order valence-corrected chi connectivity index (χ3v) is 3.76. The zero-order valence-corrected chi connectivity index (χ0v) is 15.3. The maximum atomic E-state index is 13.9. The predicted octanol–water partition coefficient (Wildman–Crippen LogP) is 3.11. The van der Waals surface area contributed by atoms with Crippen LogP contribution in [0.3, 0.4) is 0 Å². The van der Waals surface area contributed by atoms with Crippen molar-refractivity contribution in [2.45, 2.75) is 6.92 Å². The lowest BCUT2D eigenvalue weighted by molar-refractivity contribution is -0.132. The third-order valence-electron chi connectivity index (χ3n) is 3.76. The number of nitrogens with zero attached hydrogens (tertiary/aromatic N) is 1. The van der Waals surface area contributed by atoms with E-state index in [1.807, 2.05) is 0 Å². The average Bonchev–Trinajstić information content (AvgIpc) is 3.02. The molecule has 0 bridgehead atoms. The molecule has 0 aliphatic carbocycles. The highest BCUT2D eigenvalue weighted by Gasteiger charge is 2.26. The first kappa shape index (κ1) is 19.1. The van der Waals surface area contributed by atoms with Gasteiger partial charge >= 0.3 is 11.9 Å². The van der Waals surface area contributed by atoms with Crippen LogP contribution >= 0.6 is 0 Å². The summed E-state index contributed by atoms with van der Waals surface area (Å²) in [6, 6.07) is 8.92.